The van der Waals surface area contributed by atoms with Crippen LogP contribution in [0.25, 0.3) is 10.8 Å². The highest BCUT2D eigenvalue weighted by molar-refractivity contribution is 5.94. The van der Waals surface area contributed by atoms with Crippen molar-refractivity contribution in [1.82, 2.24) is 14.9 Å². The molecule has 0 aliphatic carbocycles. The second kappa shape index (κ2) is 9.53. The van der Waals surface area contributed by atoms with Gasteiger partial charge in [-0.15, -0.1) is 0 Å². The van der Waals surface area contributed by atoms with Gasteiger partial charge < -0.3 is 15.0 Å². The first-order valence-corrected chi connectivity index (χ1v) is 11.5. The Hall–Kier alpha value is -3.19. The number of anilines is 2. The number of hydrogen-bond donors (Lipinski definition) is 1. The lowest BCUT2D eigenvalue weighted by Gasteiger charge is -2.36. The Bertz CT molecular complexity index is 1090. The zero-order chi connectivity index (χ0) is 21.8. The zero-order valence-electron chi connectivity index (χ0n) is 18.3. The average Bonchev–Trinajstić information content (AvgIpc) is 2.83. The van der Waals surface area contributed by atoms with Crippen molar-refractivity contribution in [1.29, 1.82) is 0 Å². The van der Waals surface area contributed by atoms with E-state index in [-0.39, 0.29) is 5.91 Å². The van der Waals surface area contributed by atoms with E-state index in [2.05, 4.69) is 49.4 Å². The molecule has 3 aromatic rings. The monoisotopic (exact) mass is 431 g/mol. The lowest BCUT2D eigenvalue weighted by molar-refractivity contribution is -0.116. The van der Waals surface area contributed by atoms with Gasteiger partial charge in [-0.25, -0.2) is 0 Å². The molecule has 1 aromatic carbocycles. The fourth-order valence-corrected chi connectivity index (χ4v) is 4.50. The quantitative estimate of drug-likeness (QED) is 0.578. The lowest BCUT2D eigenvalue weighted by atomic mass is 10.1. The van der Waals surface area contributed by atoms with E-state index in [1.165, 1.54) is 16.5 Å². The molecule has 7 nitrogen and oxygen atoms in total. The van der Waals surface area contributed by atoms with Crippen LogP contribution in [0.5, 0.6) is 5.88 Å². The number of rotatable bonds is 7. The van der Waals surface area contributed by atoms with Crippen molar-refractivity contribution in [2.45, 2.75) is 25.7 Å². The molecular weight excluding hydrogens is 402 g/mol. The van der Waals surface area contributed by atoms with Crippen LogP contribution in [0.1, 0.15) is 24.8 Å². The summed E-state index contributed by atoms with van der Waals surface area (Å²) in [6.07, 6.45) is 7.19. The molecule has 2 aliphatic rings. The van der Waals surface area contributed by atoms with Crippen molar-refractivity contribution < 1.29 is 9.53 Å². The maximum Gasteiger partial charge on any atom is 0.225 e. The largest absolute Gasteiger partial charge is 0.478 e. The van der Waals surface area contributed by atoms with Crippen LogP contribution in [0.2, 0.25) is 0 Å². The number of aromatic nitrogens is 2. The summed E-state index contributed by atoms with van der Waals surface area (Å²) in [5.41, 5.74) is 2.37. The van der Waals surface area contributed by atoms with E-state index in [0.29, 0.717) is 24.7 Å². The summed E-state index contributed by atoms with van der Waals surface area (Å²) >= 11 is 0. The highest BCUT2D eigenvalue weighted by atomic mass is 16.5. The van der Waals surface area contributed by atoms with E-state index >= 15 is 0 Å². The van der Waals surface area contributed by atoms with Crippen molar-refractivity contribution in [3.8, 4) is 5.88 Å². The molecule has 7 heteroatoms. The fraction of sp³-hybridized carbons (Fsp3) is 0.400. The van der Waals surface area contributed by atoms with Crippen LogP contribution in [-0.4, -0.2) is 60.1 Å². The summed E-state index contributed by atoms with van der Waals surface area (Å²) in [6, 6.07) is 12.5. The molecule has 166 valence electrons. The number of benzene rings is 1. The van der Waals surface area contributed by atoms with E-state index in [1.807, 2.05) is 24.5 Å². The van der Waals surface area contributed by atoms with E-state index < -0.39 is 0 Å². The van der Waals surface area contributed by atoms with Crippen LogP contribution in [0.4, 0.5) is 11.5 Å². The van der Waals surface area contributed by atoms with Gasteiger partial charge in [0.1, 0.15) is 5.82 Å². The highest BCUT2D eigenvalue weighted by Crippen LogP contribution is 2.27. The molecule has 0 saturated carbocycles. The van der Waals surface area contributed by atoms with Crippen LogP contribution in [0.15, 0.2) is 48.8 Å². The molecule has 1 amide bonds. The van der Waals surface area contributed by atoms with Gasteiger partial charge in [0.2, 0.25) is 11.8 Å². The molecule has 5 rings (SSSR count). The van der Waals surface area contributed by atoms with Gasteiger partial charge in [0, 0.05) is 62.1 Å². The Morgan fingerprint density at radius 3 is 2.81 bits per heavy atom. The van der Waals surface area contributed by atoms with Gasteiger partial charge in [-0.2, -0.15) is 4.98 Å². The SMILES string of the molecule is O=C1CCc2ccc(OCCCCN3CCN(c4cccc5ccncc45)CC3)nc2N1. The summed E-state index contributed by atoms with van der Waals surface area (Å²) in [6.45, 7) is 5.95. The Balaban J connectivity index is 1.04. The van der Waals surface area contributed by atoms with Gasteiger partial charge in [0.25, 0.3) is 0 Å². The van der Waals surface area contributed by atoms with Gasteiger partial charge in [-0.3, -0.25) is 14.7 Å². The average molecular weight is 432 g/mol. The summed E-state index contributed by atoms with van der Waals surface area (Å²) in [5, 5.41) is 5.30. The summed E-state index contributed by atoms with van der Waals surface area (Å²) < 4.78 is 5.82. The Morgan fingerprint density at radius 1 is 1.00 bits per heavy atom. The second-order valence-corrected chi connectivity index (χ2v) is 8.46. The number of piperazine rings is 1. The Morgan fingerprint density at radius 2 is 1.91 bits per heavy atom. The molecule has 2 aliphatic heterocycles. The minimum atomic E-state index is 0.0272. The molecular formula is C25H29N5O2. The molecule has 4 heterocycles. The first kappa shape index (κ1) is 20.7. The van der Waals surface area contributed by atoms with Crippen LogP contribution >= 0.6 is 0 Å². The number of carbonyl (C=O) groups excluding carboxylic acids is 1. The third-order valence-corrected chi connectivity index (χ3v) is 6.32. The number of pyridine rings is 2. The molecule has 2 aromatic heterocycles. The van der Waals surface area contributed by atoms with Gasteiger partial charge in [-0.05, 0) is 55.0 Å². The number of fused-ring (bicyclic) bond motifs is 2. The molecule has 0 unspecified atom stereocenters. The number of nitrogens with one attached hydrogen (secondary N) is 1. The third kappa shape index (κ3) is 4.67. The molecule has 0 atom stereocenters. The molecule has 1 N–H and O–H groups in total. The lowest BCUT2D eigenvalue weighted by Crippen LogP contribution is -2.46. The zero-order valence-corrected chi connectivity index (χ0v) is 18.3. The van der Waals surface area contributed by atoms with Crippen molar-refractivity contribution in [2.24, 2.45) is 0 Å². The maximum atomic E-state index is 11.5. The van der Waals surface area contributed by atoms with Gasteiger partial charge in [0.05, 0.1) is 6.61 Å². The van der Waals surface area contributed by atoms with Crippen molar-refractivity contribution in [3.05, 3.63) is 54.4 Å². The van der Waals surface area contributed by atoms with E-state index in [0.717, 1.165) is 57.5 Å². The Labute approximate surface area is 188 Å². The van der Waals surface area contributed by atoms with Crippen LogP contribution < -0.4 is 15.0 Å². The van der Waals surface area contributed by atoms with Crippen LogP contribution in [-0.2, 0) is 11.2 Å². The molecule has 1 fully saturated rings. The molecule has 32 heavy (non-hydrogen) atoms. The van der Waals surface area contributed by atoms with Gasteiger partial charge >= 0.3 is 0 Å². The summed E-state index contributed by atoms with van der Waals surface area (Å²) in [4.78, 5) is 25.3. The first-order valence-electron chi connectivity index (χ1n) is 11.5. The number of nitrogens with zero attached hydrogens (tertiary/aromatic N) is 4. The molecule has 0 spiro atoms. The predicted octanol–water partition coefficient (Wildman–Crippen LogP) is 3.50. The van der Waals surface area contributed by atoms with Crippen LogP contribution in [0, 0.1) is 0 Å². The molecule has 1 saturated heterocycles. The number of aryl methyl sites for hydroxylation is 1. The minimum Gasteiger partial charge on any atom is -0.478 e. The van der Waals surface area contributed by atoms with E-state index in [9.17, 15) is 4.79 Å². The summed E-state index contributed by atoms with van der Waals surface area (Å²) in [7, 11) is 0. The van der Waals surface area contributed by atoms with Gasteiger partial charge in [-0.1, -0.05) is 12.1 Å². The predicted molar refractivity (Wildman–Crippen MR) is 126 cm³/mol. The number of ether oxygens (including phenoxy) is 1. The number of unbranched alkanes of at least 4 members (excludes halogenated alkanes) is 1. The number of amides is 1. The smallest absolute Gasteiger partial charge is 0.225 e. The number of hydrogen-bond acceptors (Lipinski definition) is 6. The standard InChI is InChI=1S/C25H29N5O2/c31-23-8-6-20-7-9-24(28-25(20)27-23)32-17-2-1-12-29-13-15-30(16-14-29)22-5-3-4-19-10-11-26-18-21(19)22/h3-5,7,9-11,18H,1-2,6,8,12-17H2,(H,27,28,31). The third-order valence-electron chi connectivity index (χ3n) is 6.32. The number of carbonyl (C=O) groups is 1. The molecule has 0 radical (unpaired) electrons. The van der Waals surface area contributed by atoms with E-state index in [1.54, 1.807) is 0 Å². The van der Waals surface area contributed by atoms with Crippen molar-refractivity contribution in [2.75, 3.05) is 49.5 Å². The van der Waals surface area contributed by atoms with E-state index in [4.69, 9.17) is 4.74 Å². The highest BCUT2D eigenvalue weighted by Gasteiger charge is 2.19. The normalized spacial score (nSPS) is 16.6. The molecule has 0 bridgehead atoms. The first-order chi connectivity index (χ1) is 15.8. The summed E-state index contributed by atoms with van der Waals surface area (Å²) in [5.74, 6) is 1.27. The van der Waals surface area contributed by atoms with Crippen molar-refractivity contribution in [3.63, 3.8) is 0 Å². The van der Waals surface area contributed by atoms with Gasteiger partial charge in [0.15, 0.2) is 0 Å². The Kier molecular flexibility index (Phi) is 6.16. The minimum absolute atomic E-state index is 0.0272. The van der Waals surface area contributed by atoms with Crippen molar-refractivity contribution >= 4 is 28.2 Å². The second-order valence-electron chi connectivity index (χ2n) is 8.46. The maximum absolute atomic E-state index is 11.5. The van der Waals surface area contributed by atoms with Crippen LogP contribution in [0.3, 0.4) is 0 Å². The topological polar surface area (TPSA) is 70.6 Å². The fourth-order valence-electron chi connectivity index (χ4n) is 4.50.